The van der Waals surface area contributed by atoms with Gasteiger partial charge in [-0.15, -0.1) is 0 Å². The summed E-state index contributed by atoms with van der Waals surface area (Å²) in [5, 5.41) is 8.28. The SMILES string of the molecule is CCOC(=O)c1ccnc(Nc2ncnc3c2cnn3-c2ccccc2)c1. The van der Waals surface area contributed by atoms with Crippen LogP contribution in [0, 0.1) is 0 Å². The number of carbonyl (C=O) groups excluding carboxylic acids is 1. The number of nitrogens with zero attached hydrogens (tertiary/aromatic N) is 5. The Kier molecular flexibility index (Phi) is 4.44. The first-order valence-corrected chi connectivity index (χ1v) is 8.40. The molecule has 8 heteroatoms. The van der Waals surface area contributed by atoms with Crippen molar-refractivity contribution in [3.05, 3.63) is 66.7 Å². The van der Waals surface area contributed by atoms with Crippen molar-refractivity contribution < 1.29 is 9.53 Å². The van der Waals surface area contributed by atoms with Gasteiger partial charge in [0.1, 0.15) is 18.0 Å². The van der Waals surface area contributed by atoms with Gasteiger partial charge in [0.15, 0.2) is 5.65 Å². The van der Waals surface area contributed by atoms with Gasteiger partial charge in [-0.25, -0.2) is 24.4 Å². The maximum Gasteiger partial charge on any atom is 0.338 e. The Morgan fingerprint density at radius 3 is 2.81 bits per heavy atom. The van der Waals surface area contributed by atoms with E-state index >= 15 is 0 Å². The zero-order valence-corrected chi connectivity index (χ0v) is 14.5. The second-order valence-corrected chi connectivity index (χ2v) is 5.63. The average Bonchev–Trinajstić information content (AvgIpc) is 3.14. The van der Waals surface area contributed by atoms with Gasteiger partial charge in [-0.05, 0) is 31.2 Å². The molecule has 0 saturated heterocycles. The summed E-state index contributed by atoms with van der Waals surface area (Å²) in [5.41, 5.74) is 1.99. The molecule has 0 fully saturated rings. The van der Waals surface area contributed by atoms with Crippen molar-refractivity contribution in [3.8, 4) is 5.69 Å². The van der Waals surface area contributed by atoms with Crippen molar-refractivity contribution >= 4 is 28.6 Å². The molecule has 3 heterocycles. The average molecular weight is 360 g/mol. The third kappa shape index (κ3) is 3.32. The van der Waals surface area contributed by atoms with E-state index in [4.69, 9.17) is 4.74 Å². The lowest BCUT2D eigenvalue weighted by atomic mass is 10.2. The van der Waals surface area contributed by atoms with Gasteiger partial charge in [-0.3, -0.25) is 0 Å². The Hall–Kier alpha value is -3.81. The molecule has 0 aliphatic heterocycles. The van der Waals surface area contributed by atoms with Crippen LogP contribution in [0.25, 0.3) is 16.7 Å². The van der Waals surface area contributed by atoms with Gasteiger partial charge in [-0.1, -0.05) is 18.2 Å². The van der Waals surface area contributed by atoms with Crippen LogP contribution in [0.5, 0.6) is 0 Å². The first-order valence-electron chi connectivity index (χ1n) is 8.40. The van der Waals surface area contributed by atoms with Crippen molar-refractivity contribution in [3.63, 3.8) is 0 Å². The highest BCUT2D eigenvalue weighted by Crippen LogP contribution is 2.24. The smallest absolute Gasteiger partial charge is 0.338 e. The number of anilines is 2. The van der Waals surface area contributed by atoms with Crippen LogP contribution >= 0.6 is 0 Å². The number of nitrogens with one attached hydrogen (secondary N) is 1. The van der Waals surface area contributed by atoms with Gasteiger partial charge < -0.3 is 10.1 Å². The van der Waals surface area contributed by atoms with E-state index in [-0.39, 0.29) is 0 Å². The van der Waals surface area contributed by atoms with Crippen LogP contribution in [-0.2, 0) is 4.74 Å². The van der Waals surface area contributed by atoms with Crippen molar-refractivity contribution in [2.24, 2.45) is 0 Å². The lowest BCUT2D eigenvalue weighted by Crippen LogP contribution is -2.06. The molecule has 0 radical (unpaired) electrons. The van der Waals surface area contributed by atoms with Gasteiger partial charge in [0.25, 0.3) is 0 Å². The second-order valence-electron chi connectivity index (χ2n) is 5.63. The van der Waals surface area contributed by atoms with Crippen LogP contribution in [0.3, 0.4) is 0 Å². The molecular formula is C19H16N6O2. The van der Waals surface area contributed by atoms with E-state index in [1.54, 1.807) is 36.1 Å². The van der Waals surface area contributed by atoms with Crippen molar-refractivity contribution in [2.75, 3.05) is 11.9 Å². The number of aromatic nitrogens is 5. The third-order valence-corrected chi connectivity index (χ3v) is 3.88. The molecule has 27 heavy (non-hydrogen) atoms. The fourth-order valence-corrected chi connectivity index (χ4v) is 2.66. The quantitative estimate of drug-likeness (QED) is 0.546. The standard InChI is InChI=1S/C19H16N6O2/c1-2-27-19(26)13-8-9-20-16(10-13)24-17-15-11-23-25(18(15)22-12-21-17)14-6-4-3-5-7-14/h3-12H,2H2,1H3,(H,20,21,22,24). The number of ether oxygens (including phenoxy) is 1. The second kappa shape index (κ2) is 7.20. The molecule has 0 bridgehead atoms. The first kappa shape index (κ1) is 16.6. The molecule has 0 atom stereocenters. The monoisotopic (exact) mass is 360 g/mol. The highest BCUT2D eigenvalue weighted by molar-refractivity contribution is 5.91. The number of hydrogen-bond acceptors (Lipinski definition) is 7. The van der Waals surface area contributed by atoms with E-state index in [0.717, 1.165) is 11.1 Å². The molecule has 8 nitrogen and oxygen atoms in total. The van der Waals surface area contributed by atoms with Gasteiger partial charge in [0, 0.05) is 6.20 Å². The molecule has 0 aliphatic rings. The minimum absolute atomic E-state index is 0.315. The van der Waals surface area contributed by atoms with Crippen LogP contribution < -0.4 is 5.32 Å². The number of hydrogen-bond donors (Lipinski definition) is 1. The third-order valence-electron chi connectivity index (χ3n) is 3.88. The molecule has 1 N–H and O–H groups in total. The maximum atomic E-state index is 11.9. The number of pyridine rings is 1. The molecular weight excluding hydrogens is 344 g/mol. The van der Waals surface area contributed by atoms with Gasteiger partial charge in [0.2, 0.25) is 0 Å². The Morgan fingerprint density at radius 2 is 2.00 bits per heavy atom. The maximum absolute atomic E-state index is 11.9. The summed E-state index contributed by atoms with van der Waals surface area (Å²) in [6, 6.07) is 12.9. The molecule has 3 aromatic heterocycles. The number of fused-ring (bicyclic) bond motifs is 1. The number of carbonyl (C=O) groups is 1. The molecule has 4 aromatic rings. The van der Waals surface area contributed by atoms with E-state index < -0.39 is 5.97 Å². The Morgan fingerprint density at radius 1 is 1.15 bits per heavy atom. The summed E-state index contributed by atoms with van der Waals surface area (Å²) in [6.07, 6.45) is 4.70. The fourth-order valence-electron chi connectivity index (χ4n) is 2.66. The van der Waals surface area contributed by atoms with Gasteiger partial charge in [0.05, 0.1) is 29.4 Å². The molecule has 0 aliphatic carbocycles. The Balaban J connectivity index is 1.69. The molecule has 0 spiro atoms. The summed E-state index contributed by atoms with van der Waals surface area (Å²) in [5.74, 6) is 0.636. The fraction of sp³-hybridized carbons (Fsp3) is 0.105. The van der Waals surface area contributed by atoms with E-state index in [1.807, 2.05) is 30.3 Å². The predicted molar refractivity (Wildman–Crippen MR) is 100 cm³/mol. The van der Waals surface area contributed by atoms with Crippen LogP contribution in [-0.4, -0.2) is 37.3 Å². The van der Waals surface area contributed by atoms with Gasteiger partial charge in [-0.2, -0.15) is 5.10 Å². The highest BCUT2D eigenvalue weighted by atomic mass is 16.5. The number of rotatable bonds is 5. The van der Waals surface area contributed by atoms with E-state index in [2.05, 4.69) is 25.4 Å². The van der Waals surface area contributed by atoms with E-state index in [1.165, 1.54) is 6.33 Å². The summed E-state index contributed by atoms with van der Waals surface area (Å²) < 4.78 is 6.76. The van der Waals surface area contributed by atoms with Crippen LogP contribution in [0.1, 0.15) is 17.3 Å². The largest absolute Gasteiger partial charge is 0.462 e. The highest BCUT2D eigenvalue weighted by Gasteiger charge is 2.13. The molecule has 1 aromatic carbocycles. The first-order chi connectivity index (χ1) is 13.3. The van der Waals surface area contributed by atoms with Crippen molar-refractivity contribution in [1.29, 1.82) is 0 Å². The molecule has 0 saturated carbocycles. The molecule has 0 unspecified atom stereocenters. The van der Waals surface area contributed by atoms with E-state index in [9.17, 15) is 4.79 Å². The van der Waals surface area contributed by atoms with Crippen LogP contribution in [0.4, 0.5) is 11.6 Å². The molecule has 0 amide bonds. The predicted octanol–water partition coefficient (Wildman–Crippen LogP) is 3.13. The number of benzene rings is 1. The summed E-state index contributed by atoms with van der Waals surface area (Å²) in [7, 11) is 0. The van der Waals surface area contributed by atoms with E-state index in [0.29, 0.717) is 29.5 Å². The minimum atomic E-state index is -0.396. The lowest BCUT2D eigenvalue weighted by molar-refractivity contribution is 0.0526. The Bertz CT molecular complexity index is 1090. The number of esters is 1. The molecule has 134 valence electrons. The van der Waals surface area contributed by atoms with Crippen LogP contribution in [0.15, 0.2) is 61.2 Å². The normalized spacial score (nSPS) is 10.7. The Labute approximate surface area is 154 Å². The summed E-state index contributed by atoms with van der Waals surface area (Å²) in [6.45, 7) is 2.08. The zero-order chi connectivity index (χ0) is 18.6. The minimum Gasteiger partial charge on any atom is -0.462 e. The molecule has 4 rings (SSSR count). The summed E-state index contributed by atoms with van der Waals surface area (Å²) >= 11 is 0. The summed E-state index contributed by atoms with van der Waals surface area (Å²) in [4.78, 5) is 24.8. The van der Waals surface area contributed by atoms with Crippen molar-refractivity contribution in [2.45, 2.75) is 6.92 Å². The number of para-hydroxylation sites is 1. The zero-order valence-electron chi connectivity index (χ0n) is 14.5. The van der Waals surface area contributed by atoms with Crippen molar-refractivity contribution in [1.82, 2.24) is 24.7 Å². The van der Waals surface area contributed by atoms with Gasteiger partial charge >= 0.3 is 5.97 Å². The lowest BCUT2D eigenvalue weighted by Gasteiger charge is -2.08. The van der Waals surface area contributed by atoms with Crippen LogP contribution in [0.2, 0.25) is 0 Å². The topological polar surface area (TPSA) is 94.8 Å².